The van der Waals surface area contributed by atoms with Crippen LogP contribution in [-0.2, 0) is 16.9 Å². The molecule has 1 heterocycles. The molecule has 1 aliphatic heterocycles. The normalized spacial score (nSPS) is 19.2. The maximum Gasteiger partial charge on any atom is 0.268 e. The molecule has 0 saturated carbocycles. The van der Waals surface area contributed by atoms with Crippen LogP contribution in [0.25, 0.3) is 0 Å². The van der Waals surface area contributed by atoms with Gasteiger partial charge < -0.3 is 14.7 Å². The van der Waals surface area contributed by atoms with Gasteiger partial charge in [0, 0.05) is 11.6 Å². The number of carbonyl (C=O) groups excluding carboxylic acids is 1. The third kappa shape index (κ3) is 2.44. The van der Waals surface area contributed by atoms with Crippen LogP contribution in [0.5, 0.6) is 5.75 Å². The number of ether oxygens (including phenoxy) is 1. The van der Waals surface area contributed by atoms with Crippen LogP contribution in [0.3, 0.4) is 0 Å². The Hall–Kier alpha value is -2.81. The van der Waals surface area contributed by atoms with E-state index in [4.69, 9.17) is 4.74 Å². The van der Waals surface area contributed by atoms with E-state index in [1.807, 2.05) is 30.3 Å². The Labute approximate surface area is 134 Å². The summed E-state index contributed by atoms with van der Waals surface area (Å²) < 4.78 is 5.21. The Bertz CT molecular complexity index is 794. The summed E-state index contributed by atoms with van der Waals surface area (Å²) in [7, 11) is 1.54. The lowest BCUT2D eigenvalue weighted by molar-refractivity contribution is -0.131. The molecule has 0 spiro atoms. The lowest BCUT2D eigenvalue weighted by Crippen LogP contribution is -2.38. The largest absolute Gasteiger partial charge is 0.497 e. The Kier molecular flexibility index (Phi) is 3.78. The van der Waals surface area contributed by atoms with Gasteiger partial charge in [-0.3, -0.25) is 4.79 Å². The van der Waals surface area contributed by atoms with Gasteiger partial charge in [0.05, 0.1) is 19.3 Å². The predicted molar refractivity (Wildman–Crippen MR) is 88.2 cm³/mol. The number of methoxy groups -OCH3 is 1. The smallest absolute Gasteiger partial charge is 0.268 e. The highest BCUT2D eigenvalue weighted by atomic mass is 16.5. The maximum absolute atomic E-state index is 12.8. The summed E-state index contributed by atoms with van der Waals surface area (Å²) in [6.45, 7) is 3.87. The van der Waals surface area contributed by atoms with Crippen molar-refractivity contribution in [2.45, 2.75) is 12.1 Å². The van der Waals surface area contributed by atoms with Gasteiger partial charge in [-0.15, -0.1) is 5.73 Å². The Morgan fingerprint density at radius 1 is 1.30 bits per heavy atom. The SMILES string of the molecule is C=C=C[C@]1(O)C(=O)N(Cc2ccccc2)c2ccc(OC)cc21. The third-order valence-corrected chi connectivity index (χ3v) is 3.97. The maximum atomic E-state index is 12.8. The van der Waals surface area contributed by atoms with Crippen molar-refractivity contribution in [1.82, 2.24) is 0 Å². The summed E-state index contributed by atoms with van der Waals surface area (Å²) in [5, 5.41) is 10.9. The van der Waals surface area contributed by atoms with E-state index in [0.717, 1.165) is 5.56 Å². The van der Waals surface area contributed by atoms with Crippen LogP contribution in [0.2, 0.25) is 0 Å². The molecule has 0 radical (unpaired) electrons. The van der Waals surface area contributed by atoms with Crippen molar-refractivity contribution >= 4 is 11.6 Å². The van der Waals surface area contributed by atoms with Gasteiger partial charge in [-0.2, -0.15) is 0 Å². The summed E-state index contributed by atoms with van der Waals surface area (Å²) in [5.41, 5.74) is 2.89. The zero-order valence-corrected chi connectivity index (χ0v) is 12.8. The van der Waals surface area contributed by atoms with Crippen LogP contribution in [-0.4, -0.2) is 18.1 Å². The van der Waals surface area contributed by atoms with E-state index < -0.39 is 11.5 Å². The zero-order chi connectivity index (χ0) is 16.4. The van der Waals surface area contributed by atoms with Crippen LogP contribution < -0.4 is 9.64 Å². The minimum absolute atomic E-state index is 0.381. The first-order valence-corrected chi connectivity index (χ1v) is 7.24. The van der Waals surface area contributed by atoms with Gasteiger partial charge in [-0.05, 0) is 23.8 Å². The van der Waals surface area contributed by atoms with E-state index in [0.29, 0.717) is 23.5 Å². The Morgan fingerprint density at radius 3 is 2.70 bits per heavy atom. The van der Waals surface area contributed by atoms with Crippen LogP contribution >= 0.6 is 0 Å². The first-order valence-electron chi connectivity index (χ1n) is 7.24. The summed E-state index contributed by atoms with van der Waals surface area (Å²) in [6, 6.07) is 14.9. The van der Waals surface area contributed by atoms with Crippen molar-refractivity contribution in [3.63, 3.8) is 0 Å². The van der Waals surface area contributed by atoms with Crippen LogP contribution in [0, 0.1) is 0 Å². The number of carbonyl (C=O) groups is 1. The van der Waals surface area contributed by atoms with Crippen molar-refractivity contribution in [2.24, 2.45) is 0 Å². The standard InChI is InChI=1S/C19H17NO3/c1-3-11-19(22)16-12-15(23-2)9-10-17(16)20(18(19)21)13-14-7-5-4-6-8-14/h4-12,22H,1,13H2,2H3/t19-/m1/s1. The average Bonchev–Trinajstić information content (AvgIpc) is 2.78. The first kappa shape index (κ1) is 15.1. The van der Waals surface area contributed by atoms with E-state index in [9.17, 15) is 9.90 Å². The van der Waals surface area contributed by atoms with E-state index in [2.05, 4.69) is 12.3 Å². The van der Waals surface area contributed by atoms with Gasteiger partial charge in [0.15, 0.2) is 5.60 Å². The van der Waals surface area contributed by atoms with Gasteiger partial charge in [0.1, 0.15) is 5.75 Å². The Morgan fingerprint density at radius 2 is 2.04 bits per heavy atom. The van der Waals surface area contributed by atoms with Gasteiger partial charge in [-0.1, -0.05) is 36.9 Å². The molecular weight excluding hydrogens is 290 g/mol. The molecule has 1 amide bonds. The lowest BCUT2D eigenvalue weighted by atomic mass is 9.95. The molecule has 1 atom stereocenters. The highest BCUT2D eigenvalue weighted by molar-refractivity contribution is 6.08. The van der Waals surface area contributed by atoms with E-state index >= 15 is 0 Å². The van der Waals surface area contributed by atoms with Gasteiger partial charge in [-0.25, -0.2) is 0 Å². The molecule has 0 unspecified atom stereocenters. The molecule has 116 valence electrons. The second kappa shape index (κ2) is 5.76. The fraction of sp³-hybridized carbons (Fsp3) is 0.158. The highest BCUT2D eigenvalue weighted by Crippen LogP contribution is 2.43. The monoisotopic (exact) mass is 307 g/mol. The number of nitrogens with zero attached hydrogens (tertiary/aromatic N) is 1. The van der Waals surface area contributed by atoms with Gasteiger partial charge in [0.2, 0.25) is 0 Å². The fourth-order valence-corrected chi connectivity index (χ4v) is 2.82. The molecule has 0 saturated heterocycles. The van der Waals surface area contributed by atoms with Crippen molar-refractivity contribution in [3.8, 4) is 5.75 Å². The summed E-state index contributed by atoms with van der Waals surface area (Å²) >= 11 is 0. The van der Waals surface area contributed by atoms with Crippen molar-refractivity contribution in [3.05, 3.63) is 78.0 Å². The van der Waals surface area contributed by atoms with Crippen LogP contribution in [0.4, 0.5) is 5.69 Å². The van der Waals surface area contributed by atoms with Crippen LogP contribution in [0.15, 0.2) is 66.9 Å². The number of hydrogen-bond donors (Lipinski definition) is 1. The molecule has 4 heteroatoms. The molecule has 0 fully saturated rings. The summed E-state index contributed by atoms with van der Waals surface area (Å²) in [6.07, 6.45) is 1.29. The number of benzene rings is 2. The quantitative estimate of drug-likeness (QED) is 0.884. The van der Waals surface area contributed by atoms with Crippen molar-refractivity contribution in [1.29, 1.82) is 0 Å². The third-order valence-electron chi connectivity index (χ3n) is 3.97. The van der Waals surface area contributed by atoms with E-state index in [1.54, 1.807) is 30.2 Å². The summed E-state index contributed by atoms with van der Waals surface area (Å²) in [4.78, 5) is 14.4. The van der Waals surface area contributed by atoms with Gasteiger partial charge >= 0.3 is 0 Å². The topological polar surface area (TPSA) is 49.8 Å². The Balaban J connectivity index is 2.10. The molecule has 2 aromatic rings. The molecule has 1 aliphatic rings. The molecule has 0 bridgehead atoms. The molecule has 4 nitrogen and oxygen atoms in total. The number of aliphatic hydroxyl groups is 1. The molecule has 0 aromatic heterocycles. The molecular formula is C19H17NO3. The first-order chi connectivity index (χ1) is 11.1. The molecule has 2 aromatic carbocycles. The van der Waals surface area contributed by atoms with Crippen molar-refractivity contribution < 1.29 is 14.6 Å². The number of anilines is 1. The second-order valence-electron chi connectivity index (χ2n) is 5.37. The molecule has 3 rings (SSSR count). The minimum Gasteiger partial charge on any atom is -0.497 e. The van der Waals surface area contributed by atoms with Crippen LogP contribution in [0.1, 0.15) is 11.1 Å². The number of fused-ring (bicyclic) bond motifs is 1. The summed E-state index contributed by atoms with van der Waals surface area (Å²) in [5.74, 6) is 0.162. The molecule has 1 N–H and O–H groups in total. The molecule has 0 aliphatic carbocycles. The predicted octanol–water partition coefficient (Wildman–Crippen LogP) is 2.77. The van der Waals surface area contributed by atoms with Gasteiger partial charge in [0.25, 0.3) is 5.91 Å². The molecule has 23 heavy (non-hydrogen) atoms. The fourth-order valence-electron chi connectivity index (χ4n) is 2.82. The van der Waals surface area contributed by atoms with E-state index in [1.165, 1.54) is 6.08 Å². The number of rotatable bonds is 4. The average molecular weight is 307 g/mol. The zero-order valence-electron chi connectivity index (χ0n) is 12.8. The highest BCUT2D eigenvalue weighted by Gasteiger charge is 2.48. The van der Waals surface area contributed by atoms with E-state index in [-0.39, 0.29) is 0 Å². The number of amides is 1. The number of hydrogen-bond acceptors (Lipinski definition) is 3. The van der Waals surface area contributed by atoms with Crippen molar-refractivity contribution in [2.75, 3.05) is 12.0 Å². The lowest BCUT2D eigenvalue weighted by Gasteiger charge is -2.20. The minimum atomic E-state index is -1.76. The second-order valence-corrected chi connectivity index (χ2v) is 5.37.